The minimum Gasteiger partial charge on any atom is -0.504 e. The molecule has 1 saturated carbocycles. The van der Waals surface area contributed by atoms with Crippen molar-refractivity contribution in [2.24, 2.45) is 23.7 Å². The quantitative estimate of drug-likeness (QED) is 0.338. The lowest BCUT2D eigenvalue weighted by Crippen LogP contribution is -2.54. The van der Waals surface area contributed by atoms with Crippen molar-refractivity contribution in [1.29, 1.82) is 0 Å². The van der Waals surface area contributed by atoms with Crippen LogP contribution in [-0.2, 0) is 25.6 Å². The van der Waals surface area contributed by atoms with Gasteiger partial charge in [-0.05, 0) is 71.5 Å². The van der Waals surface area contributed by atoms with E-state index in [0.29, 0.717) is 22.2 Å². The maximum atomic E-state index is 14.1. The van der Waals surface area contributed by atoms with Gasteiger partial charge in [-0.15, -0.1) is 0 Å². The van der Waals surface area contributed by atoms with Crippen molar-refractivity contribution in [2.75, 3.05) is 33.9 Å². The van der Waals surface area contributed by atoms with Gasteiger partial charge in [-0.25, -0.2) is 0 Å². The van der Waals surface area contributed by atoms with E-state index in [0.717, 1.165) is 38.0 Å². The van der Waals surface area contributed by atoms with E-state index in [2.05, 4.69) is 17.0 Å². The summed E-state index contributed by atoms with van der Waals surface area (Å²) in [7, 11) is 3.06. The Hall–Kier alpha value is -2.25. The second-order valence-corrected chi connectivity index (χ2v) is 13.0. The number of aromatic hydroxyl groups is 1. The van der Waals surface area contributed by atoms with Gasteiger partial charge < -0.3 is 24.4 Å². The Bertz CT molecular complexity index is 1300. The summed E-state index contributed by atoms with van der Waals surface area (Å²) in [4.78, 5) is 31.8. The first-order valence-corrected chi connectivity index (χ1v) is 15.4. The molecule has 220 valence electrons. The number of fused-ring (bicyclic) bond motifs is 3. The van der Waals surface area contributed by atoms with E-state index in [-0.39, 0.29) is 30.2 Å². The third-order valence-corrected chi connectivity index (χ3v) is 10.4. The maximum absolute atomic E-state index is 14.1. The average molecular weight is 677 g/mol. The summed E-state index contributed by atoms with van der Waals surface area (Å²) in [5, 5.41) is 22.4. The second-order valence-electron chi connectivity index (χ2n) is 11.8. The fourth-order valence-corrected chi connectivity index (χ4v) is 8.21. The van der Waals surface area contributed by atoms with Crippen LogP contribution in [0, 0.1) is 27.2 Å². The zero-order valence-corrected chi connectivity index (χ0v) is 25.5. The largest absolute Gasteiger partial charge is 0.504 e. The molecule has 2 N–H and O–H groups in total. The number of aliphatic hydroxyl groups is 1. The number of hydrogen-bond donors (Lipinski definition) is 2. The summed E-state index contributed by atoms with van der Waals surface area (Å²) >= 11 is 2.04. The fourth-order valence-electron chi connectivity index (χ4n) is 7.58. The molecule has 1 aliphatic carbocycles. The molecule has 41 heavy (non-hydrogen) atoms. The van der Waals surface area contributed by atoms with Crippen molar-refractivity contribution >= 4 is 34.4 Å². The highest BCUT2D eigenvalue weighted by Crippen LogP contribution is 2.59. The van der Waals surface area contributed by atoms with Crippen LogP contribution < -0.4 is 4.74 Å². The first kappa shape index (κ1) is 28.9. The van der Waals surface area contributed by atoms with Gasteiger partial charge >= 0.3 is 0 Å². The summed E-state index contributed by atoms with van der Waals surface area (Å²) in [5.74, 6) is -3.67. The van der Waals surface area contributed by atoms with Crippen molar-refractivity contribution in [1.82, 2.24) is 9.80 Å². The van der Waals surface area contributed by atoms with Crippen LogP contribution in [0.3, 0.4) is 0 Å². The van der Waals surface area contributed by atoms with E-state index < -0.39 is 35.6 Å². The van der Waals surface area contributed by atoms with Crippen LogP contribution in [0.4, 0.5) is 0 Å². The molecular weight excluding hydrogens is 639 g/mol. The first-order valence-electron chi connectivity index (χ1n) is 14.3. The number of rotatable bonds is 7. The van der Waals surface area contributed by atoms with E-state index in [1.165, 1.54) is 17.6 Å². The number of hydrogen-bond acceptors (Lipinski definition) is 8. The number of phenolic OH excluding ortho intramolecular Hbond substituents is 1. The number of imide groups is 1. The van der Waals surface area contributed by atoms with Crippen LogP contribution in [0.25, 0.3) is 0 Å². The summed E-state index contributed by atoms with van der Waals surface area (Å²) in [5.41, 5.74) is 2.00. The first-order chi connectivity index (χ1) is 19.7. The predicted octanol–water partition coefficient (Wildman–Crippen LogP) is 3.70. The maximum Gasteiger partial charge on any atom is 0.233 e. The van der Waals surface area contributed by atoms with Gasteiger partial charge in [-0.2, -0.15) is 0 Å². The molecule has 3 saturated heterocycles. The molecule has 9 nitrogen and oxygen atoms in total. The zero-order valence-electron chi connectivity index (χ0n) is 23.4. The number of nitrogens with zero attached hydrogens (tertiary/aromatic N) is 2. The number of ether oxygens (including phenoxy) is 3. The molecule has 0 bridgehead atoms. The SMILES string of the molecule is COC[C@H]1C[C@@H]2C(=O)N(C3CCN(Cc4ccccc4)CC3)C(=O)[C@@H]2[C@@H]2C[C@@H](c3cc(I)c(O)c(OC)c3)O[C@]12O. The Morgan fingerprint density at radius 3 is 2.49 bits per heavy atom. The molecule has 6 atom stereocenters. The van der Waals surface area contributed by atoms with Crippen LogP contribution in [0.2, 0.25) is 0 Å². The molecule has 0 unspecified atom stereocenters. The lowest BCUT2D eigenvalue weighted by molar-refractivity contribution is -0.275. The minimum absolute atomic E-state index is 0.0466. The summed E-state index contributed by atoms with van der Waals surface area (Å²) in [6.45, 7) is 2.71. The molecule has 0 aromatic heterocycles. The third-order valence-electron chi connectivity index (χ3n) is 9.58. The molecule has 6 rings (SSSR count). The van der Waals surface area contributed by atoms with E-state index in [9.17, 15) is 19.8 Å². The zero-order chi connectivity index (χ0) is 28.9. The second kappa shape index (κ2) is 11.4. The lowest BCUT2D eigenvalue weighted by Gasteiger charge is -2.44. The number of piperidine rings is 1. The van der Waals surface area contributed by atoms with Crippen molar-refractivity contribution in [3.05, 3.63) is 57.2 Å². The molecule has 10 heteroatoms. The number of carbonyl (C=O) groups excluding carboxylic acids is 2. The smallest absolute Gasteiger partial charge is 0.233 e. The van der Waals surface area contributed by atoms with Crippen molar-refractivity contribution < 1.29 is 34.0 Å². The highest BCUT2D eigenvalue weighted by molar-refractivity contribution is 14.1. The minimum atomic E-state index is -1.61. The Balaban J connectivity index is 1.23. The molecule has 2 aromatic carbocycles. The Morgan fingerprint density at radius 1 is 1.07 bits per heavy atom. The Kier molecular flexibility index (Phi) is 8.05. The van der Waals surface area contributed by atoms with Crippen molar-refractivity contribution in [3.63, 3.8) is 0 Å². The van der Waals surface area contributed by atoms with Crippen LogP contribution in [-0.4, -0.2) is 77.6 Å². The lowest BCUT2D eigenvalue weighted by atomic mass is 9.64. The standard InChI is InChI=1S/C31H37IN2O7/c1-39-17-20-14-22-27(23-15-25(41-31(20,23)38)19-12-24(32)28(35)26(13-19)40-2)30(37)34(29(22)36)21-8-10-33(11-9-21)16-18-6-4-3-5-7-18/h3-7,12-13,20-23,25,27,35,38H,8-11,14-17H2,1-2H3/t20-,22+,23+,25+,27+,31-/m1/s1. The summed E-state index contributed by atoms with van der Waals surface area (Å²) in [6.07, 6.45) is 1.67. The molecule has 4 aliphatic rings. The molecule has 4 fully saturated rings. The van der Waals surface area contributed by atoms with Crippen LogP contribution in [0.1, 0.15) is 42.9 Å². The van der Waals surface area contributed by atoms with Gasteiger partial charge in [0.05, 0.1) is 35.2 Å². The number of halogens is 1. The average Bonchev–Trinajstić information content (AvgIpc) is 3.45. The summed E-state index contributed by atoms with van der Waals surface area (Å²) < 4.78 is 17.8. The van der Waals surface area contributed by atoms with Crippen LogP contribution in [0.5, 0.6) is 11.5 Å². The predicted molar refractivity (Wildman–Crippen MR) is 158 cm³/mol. The molecule has 0 spiro atoms. The van der Waals surface area contributed by atoms with Gasteiger partial charge in [0.15, 0.2) is 17.3 Å². The summed E-state index contributed by atoms with van der Waals surface area (Å²) in [6, 6.07) is 13.7. The van der Waals surface area contributed by atoms with E-state index in [1.807, 2.05) is 46.9 Å². The van der Waals surface area contributed by atoms with E-state index in [4.69, 9.17) is 14.2 Å². The number of phenols is 1. The highest BCUT2D eigenvalue weighted by atomic mass is 127. The highest BCUT2D eigenvalue weighted by Gasteiger charge is 2.67. The molecule has 2 aromatic rings. The molecule has 3 aliphatic heterocycles. The van der Waals surface area contributed by atoms with Crippen molar-refractivity contribution in [2.45, 2.75) is 50.2 Å². The van der Waals surface area contributed by atoms with Gasteiger partial charge in [0.1, 0.15) is 0 Å². The number of benzene rings is 2. The number of carbonyl (C=O) groups is 2. The molecule has 0 radical (unpaired) electrons. The van der Waals surface area contributed by atoms with Crippen LogP contribution >= 0.6 is 22.6 Å². The van der Waals surface area contributed by atoms with Gasteiger partial charge in [-0.1, -0.05) is 30.3 Å². The van der Waals surface area contributed by atoms with Gasteiger partial charge in [0, 0.05) is 44.6 Å². The molecular formula is C31H37IN2O7. The normalized spacial score (nSPS) is 32.3. The van der Waals surface area contributed by atoms with Gasteiger partial charge in [0.2, 0.25) is 11.8 Å². The van der Waals surface area contributed by atoms with Crippen molar-refractivity contribution in [3.8, 4) is 11.5 Å². The third kappa shape index (κ3) is 5.05. The van der Waals surface area contributed by atoms with Gasteiger partial charge in [-0.3, -0.25) is 19.4 Å². The topological polar surface area (TPSA) is 109 Å². The Labute approximate surface area is 253 Å². The fraction of sp³-hybridized carbons (Fsp3) is 0.548. The Morgan fingerprint density at radius 2 is 1.80 bits per heavy atom. The van der Waals surface area contributed by atoms with E-state index >= 15 is 0 Å². The molecule has 2 amide bonds. The number of methoxy groups -OCH3 is 2. The number of likely N-dealkylation sites (tertiary alicyclic amines) is 2. The molecule has 3 heterocycles. The van der Waals surface area contributed by atoms with Crippen LogP contribution in [0.15, 0.2) is 42.5 Å². The van der Waals surface area contributed by atoms with E-state index in [1.54, 1.807) is 13.2 Å². The number of amides is 2. The monoisotopic (exact) mass is 676 g/mol. The van der Waals surface area contributed by atoms with Gasteiger partial charge in [0.25, 0.3) is 0 Å².